The number of carbonyl (C=O) groups is 3. The number of ether oxygens (including phenoxy) is 3. The van der Waals surface area contributed by atoms with Crippen molar-refractivity contribution in [2.24, 2.45) is 5.73 Å². The number of aromatic nitrogens is 3. The number of aliphatic hydroxyl groups is 5. The normalized spacial score (nSPS) is 19.2. The topological polar surface area (TPSA) is 261 Å². The van der Waals surface area contributed by atoms with Gasteiger partial charge in [-0.05, 0) is 38.6 Å². The number of nitrogens with two attached hydrogens (primary N) is 1. The van der Waals surface area contributed by atoms with Gasteiger partial charge in [-0.15, -0.1) is 5.10 Å². The first-order chi connectivity index (χ1) is 37.5. The number of nitrogens with zero attached hydrogens (tertiary/aromatic N) is 3. The molecule has 1 saturated heterocycles. The highest BCUT2D eigenvalue weighted by Gasteiger charge is 2.45. The number of methoxy groups -OCH3 is 1. The quantitative estimate of drug-likeness (QED) is 0.0223. The monoisotopic (exact) mass is 1090 g/mol. The fourth-order valence-corrected chi connectivity index (χ4v) is 10.4. The third kappa shape index (κ3) is 33.6. The van der Waals surface area contributed by atoms with Gasteiger partial charge in [-0.3, -0.25) is 9.59 Å². The molecule has 450 valence electrons. The number of unbranched alkanes of at least 4 members (excludes halogenated alkanes) is 34. The van der Waals surface area contributed by atoms with Crippen molar-refractivity contribution in [3.63, 3.8) is 0 Å². The second kappa shape index (κ2) is 46.9. The zero-order valence-electron chi connectivity index (χ0n) is 48.8. The third-order valence-corrected chi connectivity index (χ3v) is 15.5. The molecule has 2 heterocycles. The van der Waals surface area contributed by atoms with Gasteiger partial charge >= 0.3 is 5.97 Å². The molecule has 1 aliphatic heterocycles. The Bertz CT molecular complexity index is 1580. The number of hydrogen-bond acceptors (Lipinski definition) is 14. The summed E-state index contributed by atoms with van der Waals surface area (Å²) in [7, 11) is 1.23. The van der Waals surface area contributed by atoms with Gasteiger partial charge in [0.2, 0.25) is 5.91 Å². The first-order valence-corrected chi connectivity index (χ1v) is 31.4. The summed E-state index contributed by atoms with van der Waals surface area (Å²) in [5.74, 6) is -1.59. The van der Waals surface area contributed by atoms with E-state index in [0.717, 1.165) is 38.5 Å². The van der Waals surface area contributed by atoms with E-state index < -0.39 is 66.9 Å². The molecular formula is C60H114N6O11. The molecule has 0 unspecified atom stereocenters. The second-order valence-electron chi connectivity index (χ2n) is 22.4. The molecule has 2 rings (SSSR count). The lowest BCUT2D eigenvalue weighted by Gasteiger charge is -2.40. The van der Waals surface area contributed by atoms with Gasteiger partial charge in [-0.25, -0.2) is 9.48 Å². The van der Waals surface area contributed by atoms with Crippen LogP contribution in [0.4, 0.5) is 0 Å². The molecule has 9 atom stereocenters. The van der Waals surface area contributed by atoms with Crippen LogP contribution in [0.2, 0.25) is 0 Å². The maximum atomic E-state index is 13.4. The molecule has 0 radical (unpaired) electrons. The van der Waals surface area contributed by atoms with Crippen LogP contribution < -0.4 is 16.4 Å². The highest BCUT2D eigenvalue weighted by molar-refractivity contribution is 5.94. The van der Waals surface area contributed by atoms with Crippen LogP contribution in [-0.4, -0.2) is 134 Å². The number of amides is 2. The Kier molecular flexibility index (Phi) is 42.9. The summed E-state index contributed by atoms with van der Waals surface area (Å²) in [6.07, 6.45) is 36.7. The zero-order valence-corrected chi connectivity index (χ0v) is 48.8. The SMILES string of the molecule is CCCCCCCCCCCCCCCCCCCCCCCCCC(=O)N[C@@H](CO[C@H]1O[C@H](Cn2cc(C(=O)N[C@@H](CCCCN)C(=O)OC)nn2)[C@H](O)[C@H](O)[C@H]1O)[C@H](O)[C@H](O)CCCCCCCCCCCCCC. The van der Waals surface area contributed by atoms with Crippen molar-refractivity contribution in [2.75, 3.05) is 20.3 Å². The molecule has 0 aliphatic carbocycles. The molecule has 1 aliphatic rings. The Labute approximate surface area is 466 Å². The van der Waals surface area contributed by atoms with Gasteiger partial charge in [0, 0.05) is 6.42 Å². The number of hydrogen-bond donors (Lipinski definition) is 8. The number of nitrogens with one attached hydrogen (secondary N) is 2. The molecule has 17 heteroatoms. The summed E-state index contributed by atoms with van der Waals surface area (Å²) in [6, 6.07) is -1.99. The smallest absolute Gasteiger partial charge is 0.328 e. The van der Waals surface area contributed by atoms with E-state index in [2.05, 4.69) is 34.8 Å². The Morgan fingerprint density at radius 1 is 0.610 bits per heavy atom. The van der Waals surface area contributed by atoms with Crippen LogP contribution in [0.5, 0.6) is 0 Å². The molecular weight excluding hydrogens is 981 g/mol. The standard InChI is InChI=1S/C60H114N6O11/c1-4-6-8-10-12-14-16-18-19-20-21-22-23-24-25-26-27-28-30-32-34-36-38-43-53(68)62-50(54(69)51(67)42-37-35-33-31-29-17-15-13-11-9-7-5-2)47-76-60-57(72)56(71)55(70)52(77-60)46-66-45-49(64-65-66)58(73)63-48(59(74)75-3)41-39-40-44-61/h45,48,50-52,54-57,60,67,69-72H,4-44,46-47,61H2,1-3H3,(H,62,68)(H,63,73)/t48-,50-,51+,52+,54-,55-,56-,57+,60-/m0/s1. The van der Waals surface area contributed by atoms with Gasteiger partial charge in [0.1, 0.15) is 36.6 Å². The van der Waals surface area contributed by atoms with Crippen LogP contribution in [-0.2, 0) is 30.3 Å². The Balaban J connectivity index is 1.84. The molecule has 1 aromatic rings. The average molecular weight is 1100 g/mol. The lowest BCUT2D eigenvalue weighted by atomic mass is 9.98. The van der Waals surface area contributed by atoms with Gasteiger partial charge in [0.15, 0.2) is 12.0 Å². The predicted molar refractivity (Wildman–Crippen MR) is 305 cm³/mol. The van der Waals surface area contributed by atoms with E-state index in [-0.39, 0.29) is 31.2 Å². The summed E-state index contributed by atoms with van der Waals surface area (Å²) in [5, 5.41) is 68.8. The molecule has 2 amide bonds. The molecule has 0 aromatic carbocycles. The Hall–Kier alpha value is -2.77. The average Bonchev–Trinajstić information content (AvgIpc) is 3.91. The molecule has 0 spiro atoms. The van der Waals surface area contributed by atoms with Gasteiger partial charge in [-0.2, -0.15) is 0 Å². The molecule has 17 nitrogen and oxygen atoms in total. The maximum Gasteiger partial charge on any atom is 0.328 e. The van der Waals surface area contributed by atoms with Crippen molar-refractivity contribution >= 4 is 17.8 Å². The van der Waals surface area contributed by atoms with Crippen LogP contribution in [0, 0.1) is 0 Å². The molecule has 77 heavy (non-hydrogen) atoms. The first-order valence-electron chi connectivity index (χ1n) is 31.4. The molecule has 1 fully saturated rings. The molecule has 1 aromatic heterocycles. The van der Waals surface area contributed by atoms with E-state index in [1.807, 2.05) is 0 Å². The highest BCUT2D eigenvalue weighted by Crippen LogP contribution is 2.25. The summed E-state index contributed by atoms with van der Waals surface area (Å²) >= 11 is 0. The van der Waals surface area contributed by atoms with Gasteiger partial charge in [0.05, 0.1) is 38.6 Å². The summed E-state index contributed by atoms with van der Waals surface area (Å²) in [5.41, 5.74) is 5.46. The first kappa shape index (κ1) is 70.3. The number of rotatable bonds is 52. The van der Waals surface area contributed by atoms with Crippen molar-refractivity contribution in [3.05, 3.63) is 11.9 Å². The van der Waals surface area contributed by atoms with E-state index in [9.17, 15) is 39.9 Å². The Morgan fingerprint density at radius 2 is 1.05 bits per heavy atom. The van der Waals surface area contributed by atoms with E-state index >= 15 is 0 Å². The molecule has 9 N–H and O–H groups in total. The predicted octanol–water partition coefficient (Wildman–Crippen LogP) is 10.2. The lowest BCUT2D eigenvalue weighted by Crippen LogP contribution is -2.60. The van der Waals surface area contributed by atoms with E-state index in [1.54, 1.807) is 0 Å². The summed E-state index contributed by atoms with van der Waals surface area (Å²) in [6.45, 7) is 4.35. The van der Waals surface area contributed by atoms with Crippen LogP contribution >= 0.6 is 0 Å². The Morgan fingerprint density at radius 3 is 1.51 bits per heavy atom. The summed E-state index contributed by atoms with van der Waals surface area (Å²) < 4.78 is 18.0. The minimum absolute atomic E-state index is 0.123. The minimum atomic E-state index is -1.72. The zero-order chi connectivity index (χ0) is 56.1. The van der Waals surface area contributed by atoms with Crippen molar-refractivity contribution in [1.29, 1.82) is 0 Å². The van der Waals surface area contributed by atoms with Gasteiger partial charge in [0.25, 0.3) is 5.91 Å². The van der Waals surface area contributed by atoms with E-state index in [1.165, 1.54) is 191 Å². The summed E-state index contributed by atoms with van der Waals surface area (Å²) in [4.78, 5) is 38.7. The molecule has 0 saturated carbocycles. The minimum Gasteiger partial charge on any atom is -0.467 e. The van der Waals surface area contributed by atoms with Crippen LogP contribution in [0.25, 0.3) is 0 Å². The largest absolute Gasteiger partial charge is 0.467 e. The van der Waals surface area contributed by atoms with Crippen molar-refractivity contribution in [1.82, 2.24) is 25.6 Å². The van der Waals surface area contributed by atoms with E-state index in [0.29, 0.717) is 45.1 Å². The number of aliphatic hydroxyl groups excluding tert-OH is 5. The fourth-order valence-electron chi connectivity index (χ4n) is 10.4. The maximum absolute atomic E-state index is 13.4. The van der Waals surface area contributed by atoms with Crippen molar-refractivity contribution < 1.29 is 54.1 Å². The van der Waals surface area contributed by atoms with Crippen LogP contribution in [0.15, 0.2) is 6.20 Å². The number of esters is 1. The van der Waals surface area contributed by atoms with Crippen LogP contribution in [0.1, 0.15) is 281 Å². The highest BCUT2D eigenvalue weighted by atomic mass is 16.7. The van der Waals surface area contributed by atoms with E-state index in [4.69, 9.17) is 19.9 Å². The fraction of sp³-hybridized carbons (Fsp3) is 0.917. The van der Waals surface area contributed by atoms with Gasteiger partial charge < -0.3 is 56.1 Å². The van der Waals surface area contributed by atoms with Gasteiger partial charge in [-0.1, -0.05) is 237 Å². The molecule has 0 bridgehead atoms. The number of carbonyl (C=O) groups excluding carboxylic acids is 3. The lowest BCUT2D eigenvalue weighted by molar-refractivity contribution is -0.301. The van der Waals surface area contributed by atoms with Crippen LogP contribution in [0.3, 0.4) is 0 Å². The van der Waals surface area contributed by atoms with Crippen molar-refractivity contribution in [2.45, 2.75) is 332 Å². The second-order valence-corrected chi connectivity index (χ2v) is 22.4. The van der Waals surface area contributed by atoms with Crippen molar-refractivity contribution in [3.8, 4) is 0 Å². The third-order valence-electron chi connectivity index (χ3n) is 15.5.